The number of amides is 1. The largest absolute Gasteiger partial charge is 0.505 e. The lowest BCUT2D eigenvalue weighted by molar-refractivity contribution is -0.143. The van der Waals surface area contributed by atoms with E-state index in [1.165, 1.54) is 0 Å². The Morgan fingerprint density at radius 2 is 1.97 bits per heavy atom. The molecule has 1 saturated carbocycles. The normalized spacial score (nSPS) is 23.6. The van der Waals surface area contributed by atoms with Crippen LogP contribution in [0.15, 0.2) is 41.5 Å². The van der Waals surface area contributed by atoms with E-state index in [1.807, 2.05) is 32.0 Å². The number of aliphatic carboxylic acids is 1. The van der Waals surface area contributed by atoms with Crippen LogP contribution in [0.3, 0.4) is 0 Å². The first kappa shape index (κ1) is 26.3. The van der Waals surface area contributed by atoms with Crippen molar-refractivity contribution >= 4 is 29.1 Å². The number of aryl methyl sites for hydroxylation is 2. The van der Waals surface area contributed by atoms with E-state index in [9.17, 15) is 24.6 Å². The van der Waals surface area contributed by atoms with Gasteiger partial charge in [0.25, 0.3) is 5.91 Å². The third-order valence-corrected chi connectivity index (χ3v) is 7.53. The lowest BCUT2D eigenvalue weighted by Crippen LogP contribution is -2.31. The summed E-state index contributed by atoms with van der Waals surface area (Å²) in [6.45, 7) is 4.03. The fraction of sp³-hybridized carbons (Fsp3) is 0.429. The Balaban J connectivity index is 1.47. The Kier molecular flexibility index (Phi) is 7.92. The van der Waals surface area contributed by atoms with Gasteiger partial charge in [-0.15, -0.1) is 0 Å². The highest BCUT2D eigenvalue weighted by Crippen LogP contribution is 2.42. The van der Waals surface area contributed by atoms with Crippen molar-refractivity contribution in [3.05, 3.63) is 58.7 Å². The molecular formula is C28H33N3O6. The van der Waals surface area contributed by atoms with Gasteiger partial charge in [0.2, 0.25) is 5.78 Å². The summed E-state index contributed by atoms with van der Waals surface area (Å²) in [5.74, 6) is -2.45. The lowest BCUT2D eigenvalue weighted by Gasteiger charge is -2.27. The molecule has 0 aromatic heterocycles. The fourth-order valence-corrected chi connectivity index (χ4v) is 5.18. The second-order valence-corrected chi connectivity index (χ2v) is 9.91. The average molecular weight is 508 g/mol. The zero-order chi connectivity index (χ0) is 26.7. The van der Waals surface area contributed by atoms with Crippen LogP contribution in [0.1, 0.15) is 66.4 Å². The Morgan fingerprint density at radius 3 is 2.68 bits per heavy atom. The zero-order valence-electron chi connectivity index (χ0n) is 21.3. The third-order valence-electron chi connectivity index (χ3n) is 7.53. The number of aromatic hydroxyl groups is 1. The van der Waals surface area contributed by atoms with Crippen molar-refractivity contribution in [2.75, 3.05) is 12.5 Å². The van der Waals surface area contributed by atoms with E-state index in [-0.39, 0.29) is 35.6 Å². The monoisotopic (exact) mass is 507 g/mol. The summed E-state index contributed by atoms with van der Waals surface area (Å²) < 4.78 is 5.62. The molecule has 4 rings (SSSR count). The number of methoxy groups -OCH3 is 1. The number of carboxylic acids is 1. The predicted octanol–water partition coefficient (Wildman–Crippen LogP) is 3.98. The van der Waals surface area contributed by atoms with Gasteiger partial charge in [-0.1, -0.05) is 36.8 Å². The van der Waals surface area contributed by atoms with Crippen LogP contribution in [0.25, 0.3) is 0 Å². The Bertz CT molecular complexity index is 1240. The summed E-state index contributed by atoms with van der Waals surface area (Å²) >= 11 is 0. The van der Waals surface area contributed by atoms with Gasteiger partial charge >= 0.3 is 5.97 Å². The number of ketones is 1. The lowest BCUT2D eigenvalue weighted by atomic mass is 9.77. The molecule has 1 amide bonds. The van der Waals surface area contributed by atoms with Crippen LogP contribution in [0.4, 0.5) is 5.69 Å². The summed E-state index contributed by atoms with van der Waals surface area (Å²) in [5.41, 5.74) is 6.47. The molecule has 1 aliphatic heterocycles. The molecule has 196 valence electrons. The quantitative estimate of drug-likeness (QED) is 0.313. The smallest absolute Gasteiger partial charge is 0.306 e. The summed E-state index contributed by atoms with van der Waals surface area (Å²) in [5, 5.41) is 27.0. The van der Waals surface area contributed by atoms with Crippen molar-refractivity contribution in [3.63, 3.8) is 0 Å². The van der Waals surface area contributed by atoms with Gasteiger partial charge in [-0.05, 0) is 67.3 Å². The van der Waals surface area contributed by atoms with Crippen molar-refractivity contribution in [3.8, 4) is 5.75 Å². The van der Waals surface area contributed by atoms with E-state index in [2.05, 4.69) is 15.8 Å². The SMILES string of the molecule is COC(CC1NC(=O)C(=NNc2cccc(C3CCCC(C(=O)O)C3)c2O)C1=O)c1ccc(C)c(C)c1. The van der Waals surface area contributed by atoms with E-state index in [0.29, 0.717) is 18.4 Å². The Labute approximate surface area is 215 Å². The van der Waals surface area contributed by atoms with E-state index in [4.69, 9.17) is 4.74 Å². The van der Waals surface area contributed by atoms with Crippen molar-refractivity contribution in [2.24, 2.45) is 11.0 Å². The number of nitrogens with one attached hydrogen (secondary N) is 2. The molecule has 4 N–H and O–H groups in total. The highest BCUT2D eigenvalue weighted by Gasteiger charge is 2.39. The third kappa shape index (κ3) is 5.67. The molecular weight excluding hydrogens is 474 g/mol. The number of hydrogen-bond acceptors (Lipinski definition) is 7. The van der Waals surface area contributed by atoms with Crippen molar-refractivity contribution < 1.29 is 29.3 Å². The molecule has 1 saturated heterocycles. The Hall–Kier alpha value is -3.72. The molecule has 4 unspecified atom stereocenters. The van der Waals surface area contributed by atoms with Crippen LogP contribution < -0.4 is 10.7 Å². The topological polar surface area (TPSA) is 137 Å². The highest BCUT2D eigenvalue weighted by molar-refractivity contribution is 6.69. The van der Waals surface area contributed by atoms with Crippen molar-refractivity contribution in [2.45, 2.75) is 64.0 Å². The van der Waals surface area contributed by atoms with Gasteiger partial charge < -0.3 is 20.3 Å². The number of phenols is 1. The van der Waals surface area contributed by atoms with Gasteiger partial charge in [-0.25, -0.2) is 0 Å². The van der Waals surface area contributed by atoms with Crippen LogP contribution in [0, 0.1) is 19.8 Å². The first-order valence-corrected chi connectivity index (χ1v) is 12.5. The minimum Gasteiger partial charge on any atom is -0.505 e. The standard InChI is InChI=1S/C28H33N3O6/c1-15-10-11-18(12-16(15)2)23(37-3)14-22-26(33)24(27(34)29-22)31-30-21-9-5-8-20(25(21)32)17-6-4-7-19(13-17)28(35)36/h5,8-12,17,19,22-23,30,32H,4,6-7,13-14H2,1-3H3,(H,29,34)(H,35,36). The number of Topliss-reactive ketones (excluding diaryl/α,β-unsaturated/α-hetero) is 1. The van der Waals surface area contributed by atoms with E-state index >= 15 is 0 Å². The maximum atomic E-state index is 13.0. The number of nitrogens with zero attached hydrogens (tertiary/aromatic N) is 1. The summed E-state index contributed by atoms with van der Waals surface area (Å²) in [4.78, 5) is 37.0. The first-order valence-electron chi connectivity index (χ1n) is 12.5. The minimum atomic E-state index is -0.821. The summed E-state index contributed by atoms with van der Waals surface area (Å²) in [6, 6.07) is 10.3. The molecule has 9 heteroatoms. The molecule has 2 aromatic rings. The molecule has 0 bridgehead atoms. The van der Waals surface area contributed by atoms with Gasteiger partial charge in [0.05, 0.1) is 23.8 Å². The predicted molar refractivity (Wildman–Crippen MR) is 139 cm³/mol. The number of benzene rings is 2. The number of ether oxygens (including phenoxy) is 1. The van der Waals surface area contributed by atoms with E-state index in [0.717, 1.165) is 29.5 Å². The van der Waals surface area contributed by atoms with Crippen LogP contribution in [-0.2, 0) is 19.1 Å². The van der Waals surface area contributed by atoms with Gasteiger partial charge in [-0.3, -0.25) is 19.8 Å². The molecule has 37 heavy (non-hydrogen) atoms. The molecule has 2 fully saturated rings. The van der Waals surface area contributed by atoms with Crippen molar-refractivity contribution in [1.29, 1.82) is 0 Å². The van der Waals surface area contributed by atoms with Gasteiger partial charge in [0.15, 0.2) is 5.71 Å². The summed E-state index contributed by atoms with van der Waals surface area (Å²) in [7, 11) is 1.57. The molecule has 2 aliphatic rings. The molecule has 9 nitrogen and oxygen atoms in total. The number of hydrogen-bond donors (Lipinski definition) is 4. The molecule has 1 heterocycles. The molecule has 0 spiro atoms. The summed E-state index contributed by atoms with van der Waals surface area (Å²) in [6.07, 6.45) is 2.50. The molecule has 0 radical (unpaired) electrons. The minimum absolute atomic E-state index is 0.0560. The number of para-hydroxylation sites is 1. The highest BCUT2D eigenvalue weighted by atomic mass is 16.5. The average Bonchev–Trinajstić information content (AvgIpc) is 3.15. The number of carbonyl (C=O) groups is 3. The van der Waals surface area contributed by atoms with E-state index < -0.39 is 29.6 Å². The van der Waals surface area contributed by atoms with Gasteiger partial charge in [0, 0.05) is 13.5 Å². The van der Waals surface area contributed by atoms with Gasteiger partial charge in [-0.2, -0.15) is 5.10 Å². The molecule has 4 atom stereocenters. The van der Waals surface area contributed by atoms with Crippen LogP contribution in [0.2, 0.25) is 0 Å². The fourth-order valence-electron chi connectivity index (χ4n) is 5.18. The van der Waals surface area contributed by atoms with Crippen LogP contribution in [0.5, 0.6) is 5.75 Å². The van der Waals surface area contributed by atoms with Crippen molar-refractivity contribution in [1.82, 2.24) is 5.32 Å². The van der Waals surface area contributed by atoms with Gasteiger partial charge in [0.1, 0.15) is 5.75 Å². The number of anilines is 1. The van der Waals surface area contributed by atoms with Crippen LogP contribution in [-0.4, -0.2) is 46.7 Å². The second-order valence-electron chi connectivity index (χ2n) is 9.91. The number of hydrazone groups is 1. The number of rotatable bonds is 8. The first-order chi connectivity index (χ1) is 17.7. The maximum absolute atomic E-state index is 13.0. The molecule has 2 aromatic carbocycles. The Morgan fingerprint density at radius 1 is 1.19 bits per heavy atom. The zero-order valence-corrected chi connectivity index (χ0v) is 21.3. The number of carboxylic acid groups (broad SMARTS) is 1. The second kappa shape index (κ2) is 11.1. The maximum Gasteiger partial charge on any atom is 0.306 e. The number of phenolic OH excluding ortho intramolecular Hbond substituents is 1. The van der Waals surface area contributed by atoms with E-state index in [1.54, 1.807) is 25.3 Å². The number of carbonyl (C=O) groups excluding carboxylic acids is 2. The van der Waals surface area contributed by atoms with Crippen LogP contribution >= 0.6 is 0 Å². The molecule has 1 aliphatic carbocycles.